The minimum Gasteiger partial charge on any atom is -0.480 e. The van der Waals surface area contributed by atoms with Crippen molar-refractivity contribution in [1.29, 1.82) is 0 Å². The monoisotopic (exact) mass is 280 g/mol. The topological polar surface area (TPSA) is 76.2 Å². The van der Waals surface area contributed by atoms with Crippen molar-refractivity contribution in [3.8, 4) is 0 Å². The molecule has 1 unspecified atom stereocenters. The van der Waals surface area contributed by atoms with Gasteiger partial charge in [-0.15, -0.1) is 0 Å². The van der Waals surface area contributed by atoms with Crippen LogP contribution in [0.15, 0.2) is 12.1 Å². The van der Waals surface area contributed by atoms with E-state index in [1.54, 1.807) is 12.1 Å². The van der Waals surface area contributed by atoms with Crippen molar-refractivity contribution in [3.05, 3.63) is 28.0 Å². The standard InChI is InChI=1S/C9H10Cl2N2O2S/c10-7-2-1-5(8(11)13-7)3-16-4-6(12)9(14)15/h1-2,6H,3-4,12H2,(H,14,15). The summed E-state index contributed by atoms with van der Waals surface area (Å²) in [7, 11) is 0. The minimum absolute atomic E-state index is 0.328. The number of carboxylic acid groups (broad SMARTS) is 1. The number of thioether (sulfide) groups is 1. The van der Waals surface area contributed by atoms with Crippen LogP contribution in [0.3, 0.4) is 0 Å². The maximum Gasteiger partial charge on any atom is 0.321 e. The normalized spacial score (nSPS) is 12.4. The van der Waals surface area contributed by atoms with E-state index in [4.69, 9.17) is 34.0 Å². The largest absolute Gasteiger partial charge is 0.480 e. The van der Waals surface area contributed by atoms with Crippen molar-refractivity contribution >= 4 is 40.9 Å². The lowest BCUT2D eigenvalue weighted by atomic mass is 10.3. The van der Waals surface area contributed by atoms with Crippen molar-refractivity contribution < 1.29 is 9.90 Å². The van der Waals surface area contributed by atoms with E-state index >= 15 is 0 Å². The maximum atomic E-state index is 10.5. The molecule has 0 aliphatic rings. The summed E-state index contributed by atoms with van der Waals surface area (Å²) in [6.45, 7) is 0. The van der Waals surface area contributed by atoms with E-state index in [0.29, 0.717) is 21.8 Å². The predicted molar refractivity (Wildman–Crippen MR) is 66.0 cm³/mol. The lowest BCUT2D eigenvalue weighted by Gasteiger charge is -2.06. The zero-order valence-electron chi connectivity index (χ0n) is 8.19. The predicted octanol–water partition coefficient (Wildman–Crippen LogP) is 2.03. The molecular weight excluding hydrogens is 271 g/mol. The van der Waals surface area contributed by atoms with Gasteiger partial charge in [-0.3, -0.25) is 4.79 Å². The van der Waals surface area contributed by atoms with Crippen LogP contribution >= 0.6 is 35.0 Å². The van der Waals surface area contributed by atoms with Gasteiger partial charge in [-0.25, -0.2) is 4.98 Å². The summed E-state index contributed by atoms with van der Waals surface area (Å²) in [5.41, 5.74) is 6.17. The Morgan fingerprint density at radius 3 is 2.81 bits per heavy atom. The number of hydrogen-bond acceptors (Lipinski definition) is 4. The second-order valence-electron chi connectivity index (χ2n) is 3.04. The summed E-state index contributed by atoms with van der Waals surface area (Å²) in [5, 5.41) is 9.25. The van der Waals surface area contributed by atoms with Crippen LogP contribution in [0.25, 0.3) is 0 Å². The molecule has 0 saturated heterocycles. The minimum atomic E-state index is -1.01. The smallest absolute Gasteiger partial charge is 0.321 e. The summed E-state index contributed by atoms with van der Waals surface area (Å²) in [5.74, 6) is -0.119. The van der Waals surface area contributed by atoms with Gasteiger partial charge in [0, 0.05) is 11.5 Å². The molecule has 0 aliphatic heterocycles. The summed E-state index contributed by atoms with van der Waals surface area (Å²) < 4.78 is 0. The Balaban J connectivity index is 2.46. The molecule has 1 aromatic rings. The molecule has 1 aromatic heterocycles. The van der Waals surface area contributed by atoms with Gasteiger partial charge in [-0.05, 0) is 11.6 Å². The number of pyridine rings is 1. The van der Waals surface area contributed by atoms with Crippen LogP contribution < -0.4 is 5.73 Å². The fourth-order valence-electron chi connectivity index (χ4n) is 0.916. The number of rotatable bonds is 5. The van der Waals surface area contributed by atoms with E-state index in [2.05, 4.69) is 4.98 Å². The third-order valence-electron chi connectivity index (χ3n) is 1.76. The molecule has 4 nitrogen and oxygen atoms in total. The molecule has 1 atom stereocenters. The molecular formula is C9H10Cl2N2O2S. The number of aromatic nitrogens is 1. The zero-order chi connectivity index (χ0) is 12.1. The average Bonchev–Trinajstić information content (AvgIpc) is 2.20. The Morgan fingerprint density at radius 2 is 2.25 bits per heavy atom. The van der Waals surface area contributed by atoms with Crippen LogP contribution in [0.2, 0.25) is 10.3 Å². The van der Waals surface area contributed by atoms with Crippen molar-refractivity contribution in [2.45, 2.75) is 11.8 Å². The van der Waals surface area contributed by atoms with Crippen LogP contribution in [0, 0.1) is 0 Å². The van der Waals surface area contributed by atoms with Gasteiger partial charge in [0.1, 0.15) is 16.3 Å². The quantitative estimate of drug-likeness (QED) is 0.808. The van der Waals surface area contributed by atoms with E-state index in [9.17, 15) is 4.79 Å². The van der Waals surface area contributed by atoms with Crippen molar-refractivity contribution in [1.82, 2.24) is 4.98 Å². The number of carbonyl (C=O) groups is 1. The van der Waals surface area contributed by atoms with Gasteiger partial charge in [0.15, 0.2) is 0 Å². The number of nitrogens with zero attached hydrogens (tertiary/aromatic N) is 1. The summed E-state index contributed by atoms with van der Waals surface area (Å²) in [6, 6.07) is 2.54. The Hall–Kier alpha value is -0.490. The van der Waals surface area contributed by atoms with E-state index in [1.165, 1.54) is 11.8 Å². The van der Waals surface area contributed by atoms with Gasteiger partial charge in [-0.1, -0.05) is 29.3 Å². The highest BCUT2D eigenvalue weighted by Crippen LogP contribution is 2.21. The first-order valence-electron chi connectivity index (χ1n) is 4.37. The fourth-order valence-corrected chi connectivity index (χ4v) is 2.37. The van der Waals surface area contributed by atoms with E-state index < -0.39 is 12.0 Å². The van der Waals surface area contributed by atoms with Gasteiger partial charge >= 0.3 is 5.97 Å². The second-order valence-corrected chi connectivity index (χ2v) is 4.82. The van der Waals surface area contributed by atoms with E-state index in [-0.39, 0.29) is 0 Å². The maximum absolute atomic E-state index is 10.5. The number of nitrogens with two attached hydrogens (primary N) is 1. The van der Waals surface area contributed by atoms with Crippen molar-refractivity contribution in [2.75, 3.05) is 5.75 Å². The third-order valence-corrected chi connectivity index (χ3v) is 3.41. The molecule has 7 heteroatoms. The Bertz CT molecular complexity index is 390. The van der Waals surface area contributed by atoms with Crippen LogP contribution in [0.4, 0.5) is 0 Å². The van der Waals surface area contributed by atoms with Crippen molar-refractivity contribution in [2.24, 2.45) is 5.73 Å². The summed E-state index contributed by atoms with van der Waals surface area (Å²) in [6.07, 6.45) is 0. The van der Waals surface area contributed by atoms with Crippen LogP contribution in [0.1, 0.15) is 5.56 Å². The molecule has 0 bridgehead atoms. The van der Waals surface area contributed by atoms with E-state index in [0.717, 1.165) is 5.56 Å². The molecule has 1 rings (SSSR count). The number of carboxylic acids is 1. The lowest BCUT2D eigenvalue weighted by Crippen LogP contribution is -2.32. The van der Waals surface area contributed by atoms with Crippen LogP contribution in [-0.4, -0.2) is 27.9 Å². The molecule has 0 fully saturated rings. The van der Waals surface area contributed by atoms with Crippen LogP contribution in [-0.2, 0) is 10.5 Å². The first kappa shape index (κ1) is 13.6. The number of halogens is 2. The van der Waals surface area contributed by atoms with Gasteiger partial charge in [-0.2, -0.15) is 11.8 Å². The third kappa shape index (κ3) is 4.17. The fraction of sp³-hybridized carbons (Fsp3) is 0.333. The van der Waals surface area contributed by atoms with Crippen LogP contribution in [0.5, 0.6) is 0 Å². The molecule has 0 radical (unpaired) electrons. The number of aliphatic carboxylic acids is 1. The van der Waals surface area contributed by atoms with Crippen molar-refractivity contribution in [3.63, 3.8) is 0 Å². The Morgan fingerprint density at radius 1 is 1.56 bits per heavy atom. The molecule has 16 heavy (non-hydrogen) atoms. The van der Waals surface area contributed by atoms with Gasteiger partial charge < -0.3 is 10.8 Å². The second kappa shape index (κ2) is 6.30. The molecule has 0 saturated carbocycles. The molecule has 0 aromatic carbocycles. The SMILES string of the molecule is NC(CSCc1ccc(Cl)nc1Cl)C(=O)O. The molecule has 0 amide bonds. The molecule has 88 valence electrons. The van der Waals surface area contributed by atoms with Gasteiger partial charge in [0.2, 0.25) is 0 Å². The highest BCUT2D eigenvalue weighted by Gasteiger charge is 2.11. The first-order valence-corrected chi connectivity index (χ1v) is 6.29. The molecule has 3 N–H and O–H groups in total. The van der Waals surface area contributed by atoms with E-state index in [1.807, 2.05) is 0 Å². The zero-order valence-corrected chi connectivity index (χ0v) is 10.5. The highest BCUT2D eigenvalue weighted by atomic mass is 35.5. The highest BCUT2D eigenvalue weighted by molar-refractivity contribution is 7.98. The number of hydrogen-bond donors (Lipinski definition) is 2. The first-order chi connectivity index (χ1) is 7.50. The van der Waals surface area contributed by atoms with Gasteiger partial charge in [0.05, 0.1) is 0 Å². The Labute approximate surface area is 107 Å². The molecule has 0 aliphatic carbocycles. The van der Waals surface area contributed by atoms with Gasteiger partial charge in [0.25, 0.3) is 0 Å². The lowest BCUT2D eigenvalue weighted by molar-refractivity contribution is -0.137. The Kier molecular flexibility index (Phi) is 5.34. The average molecular weight is 281 g/mol. The molecule has 1 heterocycles. The summed E-state index contributed by atoms with van der Waals surface area (Å²) >= 11 is 12.9. The molecule has 0 spiro atoms. The summed E-state index contributed by atoms with van der Waals surface area (Å²) in [4.78, 5) is 14.3.